The molecule has 5 rings (SSSR count). The van der Waals surface area contributed by atoms with E-state index < -0.39 is 29.9 Å². The van der Waals surface area contributed by atoms with Crippen molar-refractivity contribution in [2.75, 3.05) is 25.0 Å². The molecule has 2 heterocycles. The summed E-state index contributed by atoms with van der Waals surface area (Å²) in [6.07, 6.45) is -0.0553. The normalized spacial score (nSPS) is 22.6. The van der Waals surface area contributed by atoms with E-state index in [-0.39, 0.29) is 18.8 Å². The van der Waals surface area contributed by atoms with Gasteiger partial charge < -0.3 is 34.6 Å². The molecule has 9 nitrogen and oxygen atoms in total. The Labute approximate surface area is 262 Å². The summed E-state index contributed by atoms with van der Waals surface area (Å²) in [6.45, 7) is 4.88. The van der Waals surface area contributed by atoms with Crippen molar-refractivity contribution < 1.29 is 34.0 Å². The standard InChI is InChI=1S/C34H39ClN2O7/c1-22(42-23(2)39)32(40)36-29-13-7-26(8-14-29)33-43-30(19-31(44-33)25-5-3-24(21-38)4-6-25)20-37-17-15-34(41,16-18-37)27-9-11-28(35)12-10-27/h3-14,22,30-31,33,38,41H,15-21H2,1-2H3,(H,36,40)/t22-,30+,31-,33-/m0/s1. The number of nitrogens with one attached hydrogen (secondary N) is 1. The van der Waals surface area contributed by atoms with Crippen LogP contribution in [0.4, 0.5) is 5.69 Å². The minimum absolute atomic E-state index is 0.0277. The number of ether oxygens (including phenoxy) is 3. The molecule has 3 aromatic rings. The molecule has 4 atom stereocenters. The lowest BCUT2D eigenvalue weighted by Crippen LogP contribution is -2.46. The van der Waals surface area contributed by atoms with Gasteiger partial charge in [0.15, 0.2) is 12.4 Å². The number of nitrogens with zero attached hydrogens (tertiary/aromatic N) is 1. The largest absolute Gasteiger partial charge is 0.453 e. The number of benzene rings is 3. The molecule has 3 N–H and O–H groups in total. The van der Waals surface area contributed by atoms with Crippen molar-refractivity contribution in [1.82, 2.24) is 4.90 Å². The van der Waals surface area contributed by atoms with Crippen molar-refractivity contribution in [1.29, 1.82) is 0 Å². The average Bonchev–Trinajstić information content (AvgIpc) is 3.02. The number of likely N-dealkylation sites (tertiary alicyclic amines) is 1. The van der Waals surface area contributed by atoms with Gasteiger partial charge in [-0.2, -0.15) is 0 Å². The van der Waals surface area contributed by atoms with Crippen LogP contribution in [-0.2, 0) is 36.0 Å². The Kier molecular flexibility index (Phi) is 10.4. The molecular formula is C34H39ClN2O7. The molecule has 234 valence electrons. The first-order chi connectivity index (χ1) is 21.1. The van der Waals surface area contributed by atoms with Crippen LogP contribution >= 0.6 is 11.6 Å². The Hall–Kier alpha value is -3.31. The number of carbonyl (C=O) groups excluding carboxylic acids is 2. The molecule has 0 aliphatic carbocycles. The van der Waals surface area contributed by atoms with Crippen molar-refractivity contribution in [2.45, 2.75) is 69.9 Å². The van der Waals surface area contributed by atoms with E-state index in [9.17, 15) is 19.8 Å². The summed E-state index contributed by atoms with van der Waals surface area (Å²) >= 11 is 6.05. The Morgan fingerprint density at radius 2 is 1.64 bits per heavy atom. The predicted molar refractivity (Wildman–Crippen MR) is 166 cm³/mol. The van der Waals surface area contributed by atoms with E-state index in [4.69, 9.17) is 25.8 Å². The summed E-state index contributed by atoms with van der Waals surface area (Å²) in [7, 11) is 0. The lowest BCUT2D eigenvalue weighted by Gasteiger charge is -2.42. The molecule has 0 saturated carbocycles. The predicted octanol–water partition coefficient (Wildman–Crippen LogP) is 5.25. The molecule has 2 aliphatic rings. The number of hydrogen-bond acceptors (Lipinski definition) is 8. The third-order valence-corrected chi connectivity index (χ3v) is 8.56. The number of esters is 1. The number of anilines is 1. The van der Waals surface area contributed by atoms with Crippen molar-refractivity contribution in [3.05, 3.63) is 100 Å². The zero-order valence-corrected chi connectivity index (χ0v) is 25.7. The smallest absolute Gasteiger partial charge is 0.303 e. The van der Waals surface area contributed by atoms with Gasteiger partial charge in [-0.05, 0) is 60.7 Å². The summed E-state index contributed by atoms with van der Waals surface area (Å²) < 4.78 is 17.9. The Morgan fingerprint density at radius 3 is 2.25 bits per heavy atom. The summed E-state index contributed by atoms with van der Waals surface area (Å²) in [6, 6.07) is 22.4. The van der Waals surface area contributed by atoms with Crippen LogP contribution in [0.3, 0.4) is 0 Å². The summed E-state index contributed by atoms with van der Waals surface area (Å²) in [5.41, 5.74) is 3.19. The van der Waals surface area contributed by atoms with E-state index in [0.29, 0.717) is 36.5 Å². The van der Waals surface area contributed by atoms with E-state index >= 15 is 0 Å². The highest BCUT2D eigenvalue weighted by molar-refractivity contribution is 6.30. The number of amides is 1. The topological polar surface area (TPSA) is 118 Å². The van der Waals surface area contributed by atoms with Crippen molar-refractivity contribution >= 4 is 29.2 Å². The third-order valence-electron chi connectivity index (χ3n) is 8.30. The molecule has 0 unspecified atom stereocenters. The molecule has 0 radical (unpaired) electrons. The molecule has 0 aromatic heterocycles. The summed E-state index contributed by atoms with van der Waals surface area (Å²) in [5, 5.41) is 24.2. The van der Waals surface area contributed by atoms with Crippen LogP contribution in [0.2, 0.25) is 5.02 Å². The average molecular weight is 623 g/mol. The fourth-order valence-electron chi connectivity index (χ4n) is 5.75. The maximum atomic E-state index is 12.4. The van der Waals surface area contributed by atoms with Crippen LogP contribution in [-0.4, -0.2) is 58.8 Å². The highest BCUT2D eigenvalue weighted by atomic mass is 35.5. The zero-order valence-electron chi connectivity index (χ0n) is 24.9. The van der Waals surface area contributed by atoms with Gasteiger partial charge in [0.05, 0.1) is 24.4 Å². The first-order valence-corrected chi connectivity index (χ1v) is 15.3. The fraction of sp³-hybridized carbons (Fsp3) is 0.412. The molecular weight excluding hydrogens is 584 g/mol. The van der Waals surface area contributed by atoms with Gasteiger partial charge in [-0.1, -0.05) is 60.1 Å². The van der Waals surface area contributed by atoms with Gasteiger partial charge in [-0.15, -0.1) is 0 Å². The van der Waals surface area contributed by atoms with Gasteiger partial charge >= 0.3 is 5.97 Å². The number of hydrogen-bond donors (Lipinski definition) is 3. The first kappa shape index (κ1) is 32.1. The maximum Gasteiger partial charge on any atom is 0.303 e. The minimum Gasteiger partial charge on any atom is -0.453 e. The van der Waals surface area contributed by atoms with Crippen LogP contribution in [0, 0.1) is 0 Å². The van der Waals surface area contributed by atoms with E-state index in [2.05, 4.69) is 10.2 Å². The number of halogens is 1. The molecule has 2 fully saturated rings. The van der Waals surface area contributed by atoms with Crippen molar-refractivity contribution in [2.24, 2.45) is 0 Å². The highest BCUT2D eigenvalue weighted by Crippen LogP contribution is 2.39. The first-order valence-electron chi connectivity index (χ1n) is 14.9. The van der Waals surface area contributed by atoms with Crippen LogP contribution in [0.25, 0.3) is 0 Å². The van der Waals surface area contributed by atoms with Gasteiger partial charge in [0, 0.05) is 49.3 Å². The Bertz CT molecular complexity index is 1410. The van der Waals surface area contributed by atoms with Gasteiger partial charge in [-0.25, -0.2) is 0 Å². The van der Waals surface area contributed by atoms with Gasteiger partial charge in [0.25, 0.3) is 5.91 Å². The fourth-order valence-corrected chi connectivity index (χ4v) is 5.87. The minimum atomic E-state index is -0.909. The van der Waals surface area contributed by atoms with E-state index in [1.807, 2.05) is 60.7 Å². The summed E-state index contributed by atoms with van der Waals surface area (Å²) in [4.78, 5) is 25.9. The van der Waals surface area contributed by atoms with E-state index in [1.165, 1.54) is 13.8 Å². The van der Waals surface area contributed by atoms with Crippen molar-refractivity contribution in [3.8, 4) is 0 Å². The quantitative estimate of drug-likeness (QED) is 0.277. The molecule has 44 heavy (non-hydrogen) atoms. The van der Waals surface area contributed by atoms with Crippen LogP contribution in [0.5, 0.6) is 0 Å². The van der Waals surface area contributed by atoms with Crippen LogP contribution in [0.1, 0.15) is 67.8 Å². The SMILES string of the molecule is CC(=O)O[C@@H](C)C(=O)Nc1ccc([C@H]2O[C@@H](CN3CCC(O)(c4ccc(Cl)cc4)CC3)C[C@@H](c3ccc(CO)cc3)O2)cc1. The third kappa shape index (κ3) is 8.04. The second kappa shape index (κ2) is 14.2. The van der Waals surface area contributed by atoms with Gasteiger partial charge in [-0.3, -0.25) is 9.59 Å². The highest BCUT2D eigenvalue weighted by Gasteiger charge is 2.37. The molecule has 0 spiro atoms. The Morgan fingerprint density at radius 1 is 1.00 bits per heavy atom. The Balaban J connectivity index is 1.27. The number of aliphatic hydroxyl groups excluding tert-OH is 1. The maximum absolute atomic E-state index is 12.4. The van der Waals surface area contributed by atoms with E-state index in [1.54, 1.807) is 12.1 Å². The van der Waals surface area contributed by atoms with Crippen LogP contribution < -0.4 is 5.32 Å². The summed E-state index contributed by atoms with van der Waals surface area (Å²) in [5.74, 6) is -0.944. The number of rotatable bonds is 9. The molecule has 1 amide bonds. The lowest BCUT2D eigenvalue weighted by molar-refractivity contribution is -0.253. The second-order valence-electron chi connectivity index (χ2n) is 11.6. The number of aliphatic hydroxyl groups is 2. The van der Waals surface area contributed by atoms with E-state index in [0.717, 1.165) is 35.3 Å². The molecule has 10 heteroatoms. The zero-order chi connectivity index (χ0) is 31.3. The number of carbonyl (C=O) groups is 2. The lowest BCUT2D eigenvalue weighted by atomic mass is 9.84. The molecule has 2 aliphatic heterocycles. The number of piperidine rings is 1. The van der Waals surface area contributed by atoms with Crippen molar-refractivity contribution in [3.63, 3.8) is 0 Å². The molecule has 0 bridgehead atoms. The van der Waals surface area contributed by atoms with Gasteiger partial charge in [0.1, 0.15) is 0 Å². The second-order valence-corrected chi connectivity index (χ2v) is 12.0. The van der Waals surface area contributed by atoms with Crippen LogP contribution in [0.15, 0.2) is 72.8 Å². The monoisotopic (exact) mass is 622 g/mol. The van der Waals surface area contributed by atoms with Gasteiger partial charge in [0.2, 0.25) is 0 Å². The molecule has 3 aromatic carbocycles. The molecule has 2 saturated heterocycles.